The number of nitriles is 1. The van der Waals surface area contributed by atoms with Gasteiger partial charge in [0.05, 0.1) is 24.0 Å². The Balaban J connectivity index is 2.19. The number of terminal acetylenes is 1. The van der Waals surface area contributed by atoms with E-state index < -0.39 is 0 Å². The Bertz CT molecular complexity index is 467. The highest BCUT2D eigenvalue weighted by molar-refractivity contribution is 5.36. The highest BCUT2D eigenvalue weighted by Crippen LogP contribution is 2.14. The monoisotopic (exact) mass is 227 g/mol. The Labute approximate surface area is 100 Å². The average molecular weight is 227 g/mol. The number of nitrogens with one attached hydrogen (secondary N) is 1. The van der Waals surface area contributed by atoms with E-state index >= 15 is 0 Å². The lowest BCUT2D eigenvalue weighted by Gasteiger charge is -2.36. The summed E-state index contributed by atoms with van der Waals surface area (Å²) in [4.78, 5) is 10.4. The summed E-state index contributed by atoms with van der Waals surface area (Å²) in [5.74, 6) is 3.31. The summed E-state index contributed by atoms with van der Waals surface area (Å²) in [5, 5.41) is 11.9. The molecule has 0 saturated carbocycles. The SMILES string of the molecule is C#C[C@H]1CN(c2ncc(C#N)cn2)[C@@H](C)CN1. The van der Waals surface area contributed by atoms with Gasteiger partial charge in [0.15, 0.2) is 0 Å². The van der Waals surface area contributed by atoms with Crippen molar-refractivity contribution in [3.8, 4) is 18.4 Å². The Morgan fingerprint density at radius 1 is 1.53 bits per heavy atom. The number of rotatable bonds is 1. The van der Waals surface area contributed by atoms with E-state index in [1.54, 1.807) is 0 Å². The molecule has 1 saturated heterocycles. The van der Waals surface area contributed by atoms with Crippen LogP contribution in [-0.4, -0.2) is 35.1 Å². The molecule has 1 aliphatic rings. The maximum absolute atomic E-state index is 8.69. The van der Waals surface area contributed by atoms with Gasteiger partial charge in [-0.2, -0.15) is 5.26 Å². The Kier molecular flexibility index (Phi) is 3.22. The normalized spacial score (nSPS) is 23.8. The zero-order valence-corrected chi connectivity index (χ0v) is 9.59. The van der Waals surface area contributed by atoms with Gasteiger partial charge in [-0.05, 0) is 6.92 Å². The second-order valence-corrected chi connectivity index (χ2v) is 4.01. The Hall–Kier alpha value is -2.11. The molecule has 2 rings (SSSR count). The third-order valence-electron chi connectivity index (χ3n) is 2.80. The van der Waals surface area contributed by atoms with Gasteiger partial charge in [-0.3, -0.25) is 0 Å². The van der Waals surface area contributed by atoms with E-state index in [4.69, 9.17) is 11.7 Å². The fourth-order valence-corrected chi connectivity index (χ4v) is 1.78. The fraction of sp³-hybridized carbons (Fsp3) is 0.417. The fourth-order valence-electron chi connectivity index (χ4n) is 1.78. The van der Waals surface area contributed by atoms with Crippen LogP contribution in [0.2, 0.25) is 0 Å². The number of hydrogen-bond donors (Lipinski definition) is 1. The molecule has 1 fully saturated rings. The third kappa shape index (κ3) is 2.35. The first kappa shape index (κ1) is 11.4. The van der Waals surface area contributed by atoms with Crippen molar-refractivity contribution in [3.63, 3.8) is 0 Å². The molecule has 2 heterocycles. The molecule has 1 N–H and O–H groups in total. The molecule has 0 aliphatic carbocycles. The van der Waals surface area contributed by atoms with Crippen LogP contribution < -0.4 is 10.2 Å². The number of nitrogens with zero attached hydrogens (tertiary/aromatic N) is 4. The van der Waals surface area contributed by atoms with E-state index in [0.717, 1.165) is 6.54 Å². The highest BCUT2D eigenvalue weighted by Gasteiger charge is 2.25. The molecule has 0 radical (unpaired) electrons. The number of hydrogen-bond acceptors (Lipinski definition) is 5. The summed E-state index contributed by atoms with van der Waals surface area (Å²) >= 11 is 0. The average Bonchev–Trinajstić information content (AvgIpc) is 2.39. The van der Waals surface area contributed by atoms with E-state index in [1.807, 2.05) is 6.07 Å². The van der Waals surface area contributed by atoms with E-state index in [9.17, 15) is 0 Å². The van der Waals surface area contributed by atoms with Gasteiger partial charge in [-0.25, -0.2) is 9.97 Å². The van der Waals surface area contributed by atoms with Gasteiger partial charge in [-0.15, -0.1) is 6.42 Å². The molecular formula is C12H13N5. The molecule has 2 atom stereocenters. The van der Waals surface area contributed by atoms with Gasteiger partial charge >= 0.3 is 0 Å². The number of aromatic nitrogens is 2. The van der Waals surface area contributed by atoms with Crippen LogP contribution in [0, 0.1) is 23.7 Å². The van der Waals surface area contributed by atoms with Crippen molar-refractivity contribution in [2.75, 3.05) is 18.0 Å². The van der Waals surface area contributed by atoms with Crippen LogP contribution >= 0.6 is 0 Å². The molecule has 1 aromatic rings. The molecule has 5 heteroatoms. The molecule has 1 aliphatic heterocycles. The van der Waals surface area contributed by atoms with E-state index in [0.29, 0.717) is 18.1 Å². The Morgan fingerprint density at radius 2 is 2.24 bits per heavy atom. The first-order chi connectivity index (χ1) is 8.24. The van der Waals surface area contributed by atoms with Crippen molar-refractivity contribution >= 4 is 5.95 Å². The first-order valence-electron chi connectivity index (χ1n) is 5.43. The molecule has 5 nitrogen and oxygen atoms in total. The summed E-state index contributed by atoms with van der Waals surface area (Å²) in [7, 11) is 0. The minimum atomic E-state index is 0.0189. The van der Waals surface area contributed by atoms with Gasteiger partial charge in [0.25, 0.3) is 0 Å². The standard InChI is InChI=1S/C12H13N5/c1-3-11-8-17(9(2)5-14-11)12-15-6-10(4-13)7-16-12/h1,6-7,9,11,14H,5,8H2,2H3/t9-,11-/m0/s1. The van der Waals surface area contributed by atoms with Crippen molar-refractivity contribution in [1.82, 2.24) is 15.3 Å². The minimum Gasteiger partial charge on any atom is -0.334 e. The van der Waals surface area contributed by atoms with Crippen molar-refractivity contribution < 1.29 is 0 Å². The minimum absolute atomic E-state index is 0.0189. The lowest BCUT2D eigenvalue weighted by Crippen LogP contribution is -2.55. The molecule has 0 bridgehead atoms. The van der Waals surface area contributed by atoms with Crippen molar-refractivity contribution in [1.29, 1.82) is 5.26 Å². The molecule has 1 aromatic heterocycles. The maximum atomic E-state index is 8.69. The van der Waals surface area contributed by atoms with Gasteiger partial charge < -0.3 is 10.2 Å². The predicted octanol–water partition coefficient (Wildman–Crippen LogP) is 0.148. The van der Waals surface area contributed by atoms with Crippen LogP contribution in [-0.2, 0) is 0 Å². The lowest BCUT2D eigenvalue weighted by molar-refractivity contribution is 0.450. The van der Waals surface area contributed by atoms with Crippen LogP contribution in [0.15, 0.2) is 12.4 Å². The summed E-state index contributed by atoms with van der Waals surface area (Å²) in [6, 6.07) is 2.30. The summed E-state index contributed by atoms with van der Waals surface area (Å²) in [6.07, 6.45) is 8.47. The summed E-state index contributed by atoms with van der Waals surface area (Å²) in [5.41, 5.74) is 0.463. The van der Waals surface area contributed by atoms with Crippen molar-refractivity contribution in [3.05, 3.63) is 18.0 Å². The largest absolute Gasteiger partial charge is 0.334 e. The quantitative estimate of drug-likeness (QED) is 0.692. The van der Waals surface area contributed by atoms with Crippen LogP contribution in [0.5, 0.6) is 0 Å². The zero-order chi connectivity index (χ0) is 12.3. The molecule has 0 unspecified atom stereocenters. The van der Waals surface area contributed by atoms with E-state index in [1.165, 1.54) is 12.4 Å². The van der Waals surface area contributed by atoms with Gasteiger partial charge in [0.1, 0.15) is 6.07 Å². The van der Waals surface area contributed by atoms with Crippen LogP contribution in [0.4, 0.5) is 5.95 Å². The molecule has 17 heavy (non-hydrogen) atoms. The third-order valence-corrected chi connectivity index (χ3v) is 2.80. The van der Waals surface area contributed by atoms with Crippen LogP contribution in [0.25, 0.3) is 0 Å². The van der Waals surface area contributed by atoms with Gasteiger partial charge in [0.2, 0.25) is 5.95 Å². The van der Waals surface area contributed by atoms with Crippen molar-refractivity contribution in [2.24, 2.45) is 0 Å². The number of anilines is 1. The first-order valence-corrected chi connectivity index (χ1v) is 5.43. The molecule has 86 valence electrons. The smallest absolute Gasteiger partial charge is 0.225 e. The number of piperazine rings is 1. The van der Waals surface area contributed by atoms with Crippen LogP contribution in [0.3, 0.4) is 0 Å². The zero-order valence-electron chi connectivity index (χ0n) is 9.59. The molecule has 0 spiro atoms. The maximum Gasteiger partial charge on any atom is 0.225 e. The van der Waals surface area contributed by atoms with Gasteiger partial charge in [0, 0.05) is 19.1 Å². The van der Waals surface area contributed by atoms with E-state index in [2.05, 4.69) is 33.0 Å². The second-order valence-electron chi connectivity index (χ2n) is 4.01. The predicted molar refractivity (Wildman–Crippen MR) is 64.2 cm³/mol. The Morgan fingerprint density at radius 3 is 2.82 bits per heavy atom. The molecule has 0 amide bonds. The molecular weight excluding hydrogens is 214 g/mol. The van der Waals surface area contributed by atoms with Gasteiger partial charge in [-0.1, -0.05) is 5.92 Å². The highest BCUT2D eigenvalue weighted by atomic mass is 15.3. The van der Waals surface area contributed by atoms with Crippen molar-refractivity contribution in [2.45, 2.75) is 19.0 Å². The molecule has 0 aromatic carbocycles. The van der Waals surface area contributed by atoms with Crippen LogP contribution in [0.1, 0.15) is 12.5 Å². The second kappa shape index (κ2) is 4.82. The lowest BCUT2D eigenvalue weighted by atomic mass is 10.1. The topological polar surface area (TPSA) is 64.8 Å². The van der Waals surface area contributed by atoms with E-state index in [-0.39, 0.29) is 12.1 Å². The summed E-state index contributed by atoms with van der Waals surface area (Å²) in [6.45, 7) is 3.57. The summed E-state index contributed by atoms with van der Waals surface area (Å²) < 4.78 is 0.